The molecule has 3 aromatic carbocycles. The average molecular weight is 455 g/mol. The molecule has 4 amide bonds. The highest BCUT2D eigenvalue weighted by Gasteiger charge is 2.34. The molecule has 1 fully saturated rings. The first-order valence-corrected chi connectivity index (χ1v) is 10.4. The van der Waals surface area contributed by atoms with Gasteiger partial charge in [-0.1, -0.05) is 42.5 Å². The fourth-order valence-electron chi connectivity index (χ4n) is 3.59. The molecule has 170 valence electrons. The summed E-state index contributed by atoms with van der Waals surface area (Å²) >= 11 is 0. The van der Waals surface area contributed by atoms with Gasteiger partial charge in [-0.05, 0) is 65.6 Å². The van der Waals surface area contributed by atoms with E-state index in [0.29, 0.717) is 16.8 Å². The van der Waals surface area contributed by atoms with Gasteiger partial charge >= 0.3 is 12.0 Å². The van der Waals surface area contributed by atoms with Crippen molar-refractivity contribution in [3.63, 3.8) is 0 Å². The van der Waals surface area contributed by atoms with E-state index in [2.05, 4.69) is 10.6 Å². The quantitative estimate of drug-likeness (QED) is 0.385. The molecule has 8 heteroatoms. The number of amides is 4. The zero-order valence-electron chi connectivity index (χ0n) is 18.2. The maximum Gasteiger partial charge on any atom is 0.335 e. The molecule has 0 spiro atoms. The van der Waals surface area contributed by atoms with Crippen molar-refractivity contribution in [2.45, 2.75) is 6.92 Å². The van der Waals surface area contributed by atoms with Crippen LogP contribution in [0.4, 0.5) is 10.5 Å². The van der Waals surface area contributed by atoms with Crippen molar-refractivity contribution < 1.29 is 24.3 Å². The number of anilines is 1. The van der Waals surface area contributed by atoms with Crippen LogP contribution in [-0.2, 0) is 9.59 Å². The van der Waals surface area contributed by atoms with E-state index in [-0.39, 0.29) is 11.3 Å². The molecule has 0 aromatic heterocycles. The summed E-state index contributed by atoms with van der Waals surface area (Å²) in [6.45, 7) is 1.47. The van der Waals surface area contributed by atoms with Crippen molar-refractivity contribution in [1.29, 1.82) is 0 Å². The van der Waals surface area contributed by atoms with Gasteiger partial charge in [-0.25, -0.2) is 14.5 Å². The molecule has 4 rings (SSSR count). The molecule has 34 heavy (non-hydrogen) atoms. The van der Waals surface area contributed by atoms with Gasteiger partial charge in [-0.15, -0.1) is 0 Å². The van der Waals surface area contributed by atoms with Gasteiger partial charge in [0.2, 0.25) is 5.91 Å². The fraction of sp³-hybridized carbons (Fsp3) is 0.0769. The Morgan fingerprint density at radius 1 is 0.971 bits per heavy atom. The minimum Gasteiger partial charge on any atom is -0.478 e. The molecular formula is C26H21N3O5. The van der Waals surface area contributed by atoms with Crippen LogP contribution in [-0.4, -0.2) is 40.4 Å². The van der Waals surface area contributed by atoms with E-state index >= 15 is 0 Å². The molecule has 1 heterocycles. The van der Waals surface area contributed by atoms with E-state index in [1.54, 1.807) is 54.6 Å². The Bertz CT molecular complexity index is 1350. The fourth-order valence-corrected chi connectivity index (χ4v) is 3.59. The number of carbonyl (C=O) groups is 4. The molecule has 8 nitrogen and oxygen atoms in total. The van der Waals surface area contributed by atoms with Crippen LogP contribution in [0.5, 0.6) is 0 Å². The van der Waals surface area contributed by atoms with Crippen LogP contribution in [0.15, 0.2) is 78.5 Å². The van der Waals surface area contributed by atoms with Crippen LogP contribution in [0.25, 0.3) is 17.2 Å². The normalized spacial score (nSPS) is 14.3. The SMILES string of the molecule is Cc1cccc(NC(=O)CN2C(=O)NC(=Cc3cccc(-c4cccc(C(=O)O)c4)c3)C2=O)c1. The van der Waals surface area contributed by atoms with Crippen molar-refractivity contribution >= 4 is 35.6 Å². The Balaban J connectivity index is 1.50. The lowest BCUT2D eigenvalue weighted by Gasteiger charge is -2.12. The highest BCUT2D eigenvalue weighted by Crippen LogP contribution is 2.23. The van der Waals surface area contributed by atoms with Gasteiger partial charge in [-0.3, -0.25) is 9.59 Å². The predicted octanol–water partition coefficient (Wildman–Crippen LogP) is 3.89. The number of urea groups is 1. The predicted molar refractivity (Wildman–Crippen MR) is 127 cm³/mol. The number of carboxylic acids is 1. The average Bonchev–Trinajstić information content (AvgIpc) is 3.06. The maximum absolute atomic E-state index is 12.8. The monoisotopic (exact) mass is 455 g/mol. The zero-order chi connectivity index (χ0) is 24.2. The first-order valence-electron chi connectivity index (χ1n) is 10.4. The maximum atomic E-state index is 12.8. The number of rotatable bonds is 6. The molecule has 1 saturated heterocycles. The summed E-state index contributed by atoms with van der Waals surface area (Å²) in [7, 11) is 0. The largest absolute Gasteiger partial charge is 0.478 e. The number of imide groups is 1. The van der Waals surface area contributed by atoms with Gasteiger partial charge in [0, 0.05) is 5.69 Å². The molecule has 0 aliphatic carbocycles. The minimum atomic E-state index is -1.02. The third-order valence-corrected chi connectivity index (χ3v) is 5.21. The van der Waals surface area contributed by atoms with Gasteiger partial charge in [0.1, 0.15) is 12.2 Å². The lowest BCUT2D eigenvalue weighted by atomic mass is 10.0. The van der Waals surface area contributed by atoms with Crippen LogP contribution in [0, 0.1) is 6.92 Å². The summed E-state index contributed by atoms with van der Waals surface area (Å²) in [6.07, 6.45) is 1.52. The Labute approximate surface area is 195 Å². The highest BCUT2D eigenvalue weighted by atomic mass is 16.4. The highest BCUT2D eigenvalue weighted by molar-refractivity contribution is 6.16. The molecule has 0 saturated carbocycles. The number of aromatic carboxylic acids is 1. The molecule has 0 unspecified atom stereocenters. The van der Waals surface area contributed by atoms with E-state index in [0.717, 1.165) is 16.0 Å². The molecule has 0 bridgehead atoms. The number of nitrogens with zero attached hydrogens (tertiary/aromatic N) is 1. The Morgan fingerprint density at radius 2 is 1.68 bits per heavy atom. The van der Waals surface area contributed by atoms with Crippen LogP contribution in [0.1, 0.15) is 21.5 Å². The number of benzene rings is 3. The lowest BCUT2D eigenvalue weighted by Crippen LogP contribution is -2.38. The first kappa shape index (κ1) is 22.5. The topological polar surface area (TPSA) is 116 Å². The molecule has 3 N–H and O–H groups in total. The lowest BCUT2D eigenvalue weighted by molar-refractivity contribution is -0.127. The summed E-state index contributed by atoms with van der Waals surface area (Å²) in [5.41, 5.74) is 3.85. The Morgan fingerprint density at radius 3 is 2.41 bits per heavy atom. The van der Waals surface area contributed by atoms with Gasteiger partial charge in [0.05, 0.1) is 5.56 Å². The summed E-state index contributed by atoms with van der Waals surface area (Å²) in [4.78, 5) is 49.6. The standard InChI is InChI=1S/C26H21N3O5/c1-16-5-2-10-21(11-16)27-23(30)15-29-24(31)22(28-26(29)34)13-17-6-3-7-18(12-17)19-8-4-9-20(14-19)25(32)33/h2-14H,15H2,1H3,(H,27,30)(H,28,34)(H,32,33). The molecule has 3 aromatic rings. The van der Waals surface area contributed by atoms with Crippen LogP contribution >= 0.6 is 0 Å². The van der Waals surface area contributed by atoms with Crippen LogP contribution in [0.3, 0.4) is 0 Å². The smallest absolute Gasteiger partial charge is 0.335 e. The Hall–Kier alpha value is -4.72. The number of nitrogens with one attached hydrogen (secondary N) is 2. The van der Waals surface area contributed by atoms with Crippen LogP contribution in [0.2, 0.25) is 0 Å². The van der Waals surface area contributed by atoms with Gasteiger partial charge < -0.3 is 15.7 Å². The van der Waals surface area contributed by atoms with Gasteiger partial charge in [0.15, 0.2) is 0 Å². The van der Waals surface area contributed by atoms with Crippen molar-refractivity contribution in [2.75, 3.05) is 11.9 Å². The van der Waals surface area contributed by atoms with Crippen molar-refractivity contribution in [2.24, 2.45) is 0 Å². The number of hydrogen-bond donors (Lipinski definition) is 3. The molecule has 1 aliphatic rings. The summed E-state index contributed by atoms with van der Waals surface area (Å²) < 4.78 is 0. The van der Waals surface area contributed by atoms with E-state index in [1.165, 1.54) is 12.1 Å². The summed E-state index contributed by atoms with van der Waals surface area (Å²) in [5.74, 6) is -2.12. The molecular weight excluding hydrogens is 434 g/mol. The van der Waals surface area contributed by atoms with Gasteiger partial charge in [-0.2, -0.15) is 0 Å². The van der Waals surface area contributed by atoms with E-state index in [4.69, 9.17) is 0 Å². The van der Waals surface area contributed by atoms with Gasteiger partial charge in [0.25, 0.3) is 5.91 Å². The van der Waals surface area contributed by atoms with E-state index < -0.39 is 30.4 Å². The number of carbonyl (C=O) groups excluding carboxylic acids is 3. The molecule has 0 radical (unpaired) electrons. The van der Waals surface area contributed by atoms with E-state index in [9.17, 15) is 24.3 Å². The summed E-state index contributed by atoms with van der Waals surface area (Å²) in [6, 6.07) is 20.2. The molecule has 0 atom stereocenters. The molecule has 1 aliphatic heterocycles. The van der Waals surface area contributed by atoms with Crippen molar-refractivity contribution in [3.05, 3.63) is 95.2 Å². The first-order chi connectivity index (χ1) is 16.3. The van der Waals surface area contributed by atoms with E-state index in [1.807, 2.05) is 19.1 Å². The minimum absolute atomic E-state index is 0.0461. The van der Waals surface area contributed by atoms with Crippen LogP contribution < -0.4 is 10.6 Å². The van der Waals surface area contributed by atoms with Crippen molar-refractivity contribution in [1.82, 2.24) is 10.2 Å². The number of carboxylic acid groups (broad SMARTS) is 1. The number of aryl methyl sites for hydroxylation is 1. The van der Waals surface area contributed by atoms with Crippen molar-refractivity contribution in [3.8, 4) is 11.1 Å². The zero-order valence-corrected chi connectivity index (χ0v) is 18.2. The third kappa shape index (κ3) is 5.02. The third-order valence-electron chi connectivity index (χ3n) is 5.21. The second-order valence-corrected chi connectivity index (χ2v) is 7.81. The number of hydrogen-bond acceptors (Lipinski definition) is 4. The second kappa shape index (κ2) is 9.41. The Kier molecular flexibility index (Phi) is 6.22. The summed E-state index contributed by atoms with van der Waals surface area (Å²) in [5, 5.41) is 14.4. The second-order valence-electron chi connectivity index (χ2n) is 7.81.